The van der Waals surface area contributed by atoms with E-state index in [0.717, 1.165) is 0 Å². The summed E-state index contributed by atoms with van der Waals surface area (Å²) in [6.07, 6.45) is 0.547. The van der Waals surface area contributed by atoms with Crippen LogP contribution in [0.2, 0.25) is 0 Å². The lowest BCUT2D eigenvalue weighted by molar-refractivity contribution is -0.385. The largest absolute Gasteiger partial charge is 0.394 e. The summed E-state index contributed by atoms with van der Waals surface area (Å²) in [4.78, 5) is 22.2. The van der Waals surface area contributed by atoms with Crippen molar-refractivity contribution in [1.82, 2.24) is 5.32 Å². The molecule has 6 nitrogen and oxygen atoms in total. The van der Waals surface area contributed by atoms with Gasteiger partial charge in [0.25, 0.3) is 11.6 Å². The number of carbonyl (C=O) groups excluding carboxylic acids is 1. The van der Waals surface area contributed by atoms with Gasteiger partial charge in [-0.1, -0.05) is 22.9 Å². The molecule has 19 heavy (non-hydrogen) atoms. The van der Waals surface area contributed by atoms with Gasteiger partial charge in [0.2, 0.25) is 0 Å². The predicted octanol–water partition coefficient (Wildman–Crippen LogP) is 2.25. The van der Waals surface area contributed by atoms with Crippen molar-refractivity contribution < 1.29 is 14.8 Å². The molecule has 1 atom stereocenters. The Labute approximate surface area is 119 Å². The first-order valence-corrected chi connectivity index (χ1v) is 6.49. The molecule has 0 aliphatic heterocycles. The van der Waals surface area contributed by atoms with Gasteiger partial charge in [-0.2, -0.15) is 0 Å². The second-order valence-corrected chi connectivity index (χ2v) is 5.40. The van der Waals surface area contributed by atoms with Crippen molar-refractivity contribution in [3.05, 3.63) is 38.3 Å². The third-order valence-corrected chi connectivity index (χ3v) is 3.36. The number of hydrogen-bond acceptors (Lipinski definition) is 4. The average molecular weight is 331 g/mol. The third-order valence-electron chi connectivity index (χ3n) is 2.90. The Hall–Kier alpha value is -1.47. The molecule has 1 aromatic rings. The number of nitrogens with zero attached hydrogens (tertiary/aromatic N) is 1. The van der Waals surface area contributed by atoms with E-state index in [4.69, 9.17) is 0 Å². The molecule has 0 fully saturated rings. The first kappa shape index (κ1) is 15.6. The lowest BCUT2D eigenvalue weighted by Crippen LogP contribution is -2.48. The van der Waals surface area contributed by atoms with Crippen LogP contribution in [-0.2, 0) is 0 Å². The molecular formula is C12H15BrN2O4. The monoisotopic (exact) mass is 330 g/mol. The molecule has 0 saturated heterocycles. The fourth-order valence-electron chi connectivity index (χ4n) is 1.40. The number of rotatable bonds is 5. The van der Waals surface area contributed by atoms with Gasteiger partial charge in [-0.05, 0) is 19.4 Å². The van der Waals surface area contributed by atoms with E-state index in [0.29, 0.717) is 10.9 Å². The van der Waals surface area contributed by atoms with E-state index in [1.807, 2.05) is 6.92 Å². The Morgan fingerprint density at radius 3 is 2.63 bits per heavy atom. The van der Waals surface area contributed by atoms with E-state index in [1.165, 1.54) is 18.2 Å². The van der Waals surface area contributed by atoms with Gasteiger partial charge in [0.1, 0.15) is 0 Å². The molecule has 104 valence electrons. The van der Waals surface area contributed by atoms with Gasteiger partial charge in [-0.15, -0.1) is 0 Å². The molecule has 0 aromatic heterocycles. The van der Waals surface area contributed by atoms with E-state index in [-0.39, 0.29) is 17.9 Å². The number of nitro benzene ring substituents is 1. The summed E-state index contributed by atoms with van der Waals surface area (Å²) in [6, 6.07) is 4.02. The summed E-state index contributed by atoms with van der Waals surface area (Å²) in [7, 11) is 0. The molecule has 0 bridgehead atoms. The van der Waals surface area contributed by atoms with E-state index in [9.17, 15) is 20.0 Å². The number of nitro groups is 1. The van der Waals surface area contributed by atoms with Gasteiger partial charge in [-0.3, -0.25) is 14.9 Å². The van der Waals surface area contributed by atoms with Crippen LogP contribution in [-0.4, -0.2) is 28.1 Å². The van der Waals surface area contributed by atoms with Crippen LogP contribution in [0.5, 0.6) is 0 Å². The summed E-state index contributed by atoms with van der Waals surface area (Å²) in [5.74, 6) is -0.456. The van der Waals surface area contributed by atoms with Gasteiger partial charge < -0.3 is 10.4 Å². The molecule has 0 saturated carbocycles. The molecule has 1 rings (SSSR count). The fourth-order valence-corrected chi connectivity index (χ4v) is 1.88. The molecule has 0 aliphatic rings. The number of hydrogen-bond donors (Lipinski definition) is 2. The topological polar surface area (TPSA) is 92.5 Å². The van der Waals surface area contributed by atoms with Crippen molar-refractivity contribution in [1.29, 1.82) is 0 Å². The van der Waals surface area contributed by atoms with Crippen LogP contribution >= 0.6 is 15.9 Å². The highest BCUT2D eigenvalue weighted by Crippen LogP contribution is 2.22. The second-order valence-electron chi connectivity index (χ2n) is 4.48. The molecule has 0 radical (unpaired) electrons. The maximum atomic E-state index is 12.0. The number of aliphatic hydroxyl groups excluding tert-OH is 1. The minimum atomic E-state index is -0.742. The normalized spacial score (nSPS) is 13.7. The fraction of sp³-hybridized carbons (Fsp3) is 0.417. The number of carbonyl (C=O) groups is 1. The van der Waals surface area contributed by atoms with E-state index >= 15 is 0 Å². The van der Waals surface area contributed by atoms with Gasteiger partial charge in [0.05, 0.1) is 17.1 Å². The highest BCUT2D eigenvalue weighted by Gasteiger charge is 2.24. The molecule has 0 spiro atoms. The van der Waals surface area contributed by atoms with Crippen molar-refractivity contribution in [2.45, 2.75) is 25.8 Å². The van der Waals surface area contributed by atoms with E-state index in [2.05, 4.69) is 21.2 Å². The highest BCUT2D eigenvalue weighted by molar-refractivity contribution is 9.10. The maximum absolute atomic E-state index is 12.0. The SMILES string of the molecule is CCC(C)(CO)NC(=O)c1cc(Br)cc([N+](=O)[O-])c1. The van der Waals surface area contributed by atoms with Crippen molar-refractivity contribution in [3.8, 4) is 0 Å². The second kappa shape index (κ2) is 6.12. The van der Waals surface area contributed by atoms with Gasteiger partial charge in [0.15, 0.2) is 0 Å². The zero-order chi connectivity index (χ0) is 14.6. The Balaban J connectivity index is 3.03. The van der Waals surface area contributed by atoms with Crippen LogP contribution in [0.4, 0.5) is 5.69 Å². The van der Waals surface area contributed by atoms with Crippen molar-refractivity contribution in [2.75, 3.05) is 6.61 Å². The summed E-state index contributed by atoms with van der Waals surface area (Å²) in [6.45, 7) is 3.34. The zero-order valence-electron chi connectivity index (χ0n) is 10.6. The minimum Gasteiger partial charge on any atom is -0.394 e. The summed E-state index contributed by atoms with van der Waals surface area (Å²) in [5.41, 5.74) is -0.732. The maximum Gasteiger partial charge on any atom is 0.271 e. The molecule has 0 aliphatic carbocycles. The van der Waals surface area contributed by atoms with E-state index < -0.39 is 16.4 Å². The van der Waals surface area contributed by atoms with E-state index in [1.54, 1.807) is 6.92 Å². The number of halogens is 1. The van der Waals surface area contributed by atoms with Crippen LogP contribution in [0.1, 0.15) is 30.6 Å². The smallest absolute Gasteiger partial charge is 0.271 e. The Bertz CT molecular complexity index is 501. The van der Waals surface area contributed by atoms with Crippen LogP contribution < -0.4 is 5.32 Å². The standard InChI is InChI=1S/C12H15BrN2O4/c1-3-12(2,7-16)14-11(17)8-4-9(13)6-10(5-8)15(18)19/h4-6,16H,3,7H2,1-2H3,(H,14,17). The quantitative estimate of drug-likeness (QED) is 0.639. The van der Waals surface area contributed by atoms with Crippen molar-refractivity contribution >= 4 is 27.5 Å². The summed E-state index contributed by atoms with van der Waals surface area (Å²) < 4.78 is 0.453. The van der Waals surface area contributed by atoms with Crippen LogP contribution in [0.25, 0.3) is 0 Å². The third kappa shape index (κ3) is 4.00. The van der Waals surface area contributed by atoms with Crippen molar-refractivity contribution in [3.63, 3.8) is 0 Å². The number of amides is 1. The summed E-state index contributed by atoms with van der Waals surface area (Å²) in [5, 5.41) is 22.7. The Kier molecular flexibility index (Phi) is 5.02. The van der Waals surface area contributed by atoms with Crippen LogP contribution in [0, 0.1) is 10.1 Å². The van der Waals surface area contributed by atoms with Crippen LogP contribution in [0.3, 0.4) is 0 Å². The molecule has 1 unspecified atom stereocenters. The molecule has 2 N–H and O–H groups in total. The van der Waals surface area contributed by atoms with Gasteiger partial charge >= 0.3 is 0 Å². The zero-order valence-corrected chi connectivity index (χ0v) is 12.2. The first-order valence-electron chi connectivity index (χ1n) is 5.69. The Morgan fingerprint density at radius 1 is 1.53 bits per heavy atom. The predicted molar refractivity (Wildman–Crippen MR) is 74.0 cm³/mol. The number of nitrogens with one attached hydrogen (secondary N) is 1. The van der Waals surface area contributed by atoms with Gasteiger partial charge in [-0.25, -0.2) is 0 Å². The number of non-ortho nitro benzene ring substituents is 1. The lowest BCUT2D eigenvalue weighted by atomic mass is 9.99. The lowest BCUT2D eigenvalue weighted by Gasteiger charge is -2.27. The highest BCUT2D eigenvalue weighted by atomic mass is 79.9. The molecular weight excluding hydrogens is 316 g/mol. The summed E-state index contributed by atoms with van der Waals surface area (Å²) >= 11 is 3.13. The van der Waals surface area contributed by atoms with Crippen LogP contribution in [0.15, 0.2) is 22.7 Å². The molecule has 1 aromatic carbocycles. The number of aliphatic hydroxyl groups is 1. The molecule has 7 heteroatoms. The molecule has 0 heterocycles. The number of benzene rings is 1. The minimum absolute atomic E-state index is 0.165. The first-order chi connectivity index (χ1) is 8.81. The Morgan fingerprint density at radius 2 is 2.16 bits per heavy atom. The average Bonchev–Trinajstić information content (AvgIpc) is 2.37. The van der Waals surface area contributed by atoms with Crippen molar-refractivity contribution in [2.24, 2.45) is 0 Å². The molecule has 1 amide bonds. The van der Waals surface area contributed by atoms with Gasteiger partial charge in [0, 0.05) is 22.2 Å².